The lowest BCUT2D eigenvalue weighted by atomic mass is 10.1. The normalized spacial score (nSPS) is 11.8. The summed E-state index contributed by atoms with van der Waals surface area (Å²) < 4.78 is 5.11. The number of rotatable bonds is 10. The van der Waals surface area contributed by atoms with E-state index >= 15 is 0 Å². The number of hydrogen-bond acceptors (Lipinski definition) is 4. The van der Waals surface area contributed by atoms with E-state index in [-0.39, 0.29) is 25.9 Å². The highest BCUT2D eigenvalue weighted by molar-refractivity contribution is 5.84. The van der Waals surface area contributed by atoms with Crippen molar-refractivity contribution in [2.45, 2.75) is 38.6 Å². The highest BCUT2D eigenvalue weighted by Crippen LogP contribution is 1.98. The van der Waals surface area contributed by atoms with Gasteiger partial charge in [-0.3, -0.25) is 9.59 Å². The number of primary amides is 1. The van der Waals surface area contributed by atoms with Crippen molar-refractivity contribution < 1.29 is 24.2 Å². The topological polar surface area (TPSA) is 119 Å². The molecule has 0 saturated heterocycles. The molecular formula is C11H20N2O5. The average Bonchev–Trinajstić information content (AvgIpc) is 2.29. The van der Waals surface area contributed by atoms with Gasteiger partial charge < -0.3 is 20.9 Å². The number of amides is 2. The molecule has 0 aliphatic heterocycles. The molecule has 0 heterocycles. The minimum absolute atomic E-state index is 0.00771. The molecular weight excluding hydrogens is 240 g/mol. The number of carbonyl (C=O) groups excluding carboxylic acids is 2. The third kappa shape index (κ3) is 8.51. The summed E-state index contributed by atoms with van der Waals surface area (Å²) in [5, 5.41) is 11.2. The average molecular weight is 260 g/mol. The molecule has 4 N–H and O–H groups in total. The molecule has 0 fully saturated rings. The molecule has 0 bridgehead atoms. The van der Waals surface area contributed by atoms with Gasteiger partial charge in [0.1, 0.15) is 6.04 Å². The van der Waals surface area contributed by atoms with E-state index in [0.29, 0.717) is 6.61 Å². The maximum Gasteiger partial charge on any atom is 0.326 e. The lowest BCUT2D eigenvalue weighted by molar-refractivity contribution is -0.142. The summed E-state index contributed by atoms with van der Waals surface area (Å²) in [7, 11) is 0. The van der Waals surface area contributed by atoms with Gasteiger partial charge in [-0.15, -0.1) is 0 Å². The first kappa shape index (κ1) is 16.4. The van der Waals surface area contributed by atoms with Crippen molar-refractivity contribution in [3.63, 3.8) is 0 Å². The number of nitrogens with one attached hydrogen (secondary N) is 1. The van der Waals surface area contributed by atoms with Crippen LogP contribution in [0.2, 0.25) is 0 Å². The molecule has 0 radical (unpaired) electrons. The number of nitrogens with two attached hydrogens (primary N) is 1. The fourth-order valence-corrected chi connectivity index (χ4v) is 1.22. The van der Waals surface area contributed by atoms with Crippen molar-refractivity contribution in [2.75, 3.05) is 13.2 Å². The van der Waals surface area contributed by atoms with Gasteiger partial charge in [0, 0.05) is 19.4 Å². The second kappa shape index (κ2) is 9.41. The number of carboxylic acids is 1. The lowest BCUT2D eigenvalue weighted by Crippen LogP contribution is -2.41. The Bertz CT molecular complexity index is 293. The van der Waals surface area contributed by atoms with Crippen LogP contribution in [-0.4, -0.2) is 42.1 Å². The van der Waals surface area contributed by atoms with Gasteiger partial charge in [0.15, 0.2) is 0 Å². The minimum atomic E-state index is -1.18. The maximum absolute atomic E-state index is 11.4. The van der Waals surface area contributed by atoms with Gasteiger partial charge >= 0.3 is 5.97 Å². The fraction of sp³-hybridized carbons (Fsp3) is 0.727. The molecule has 18 heavy (non-hydrogen) atoms. The number of carboxylic acid groups (broad SMARTS) is 1. The van der Waals surface area contributed by atoms with Gasteiger partial charge in [-0.25, -0.2) is 4.79 Å². The predicted octanol–water partition coefficient (Wildman–Crippen LogP) is -0.362. The minimum Gasteiger partial charge on any atom is -0.480 e. The molecule has 0 spiro atoms. The number of hydrogen-bond donors (Lipinski definition) is 3. The van der Waals surface area contributed by atoms with Gasteiger partial charge in [0.2, 0.25) is 11.8 Å². The summed E-state index contributed by atoms with van der Waals surface area (Å²) in [4.78, 5) is 32.8. The summed E-state index contributed by atoms with van der Waals surface area (Å²) in [5.74, 6) is -2.19. The van der Waals surface area contributed by atoms with E-state index < -0.39 is 23.8 Å². The highest BCUT2D eigenvalue weighted by atomic mass is 16.5. The van der Waals surface area contributed by atoms with Crippen LogP contribution in [0.25, 0.3) is 0 Å². The molecule has 0 aliphatic carbocycles. The summed E-state index contributed by atoms with van der Waals surface area (Å²) in [6.45, 7) is 2.77. The molecule has 2 amide bonds. The Kier molecular flexibility index (Phi) is 8.55. The van der Waals surface area contributed by atoms with Crippen molar-refractivity contribution in [1.82, 2.24) is 5.32 Å². The molecule has 1 atom stereocenters. The molecule has 0 aliphatic rings. The molecule has 7 nitrogen and oxygen atoms in total. The quantitative estimate of drug-likeness (QED) is 0.463. The van der Waals surface area contributed by atoms with Crippen LogP contribution in [0, 0.1) is 0 Å². The van der Waals surface area contributed by atoms with Crippen LogP contribution in [0.1, 0.15) is 32.6 Å². The second-order valence-corrected chi connectivity index (χ2v) is 3.83. The van der Waals surface area contributed by atoms with Crippen molar-refractivity contribution in [1.29, 1.82) is 0 Å². The first-order valence-corrected chi connectivity index (χ1v) is 5.85. The first-order chi connectivity index (χ1) is 8.47. The Morgan fingerprint density at radius 3 is 2.44 bits per heavy atom. The van der Waals surface area contributed by atoms with Crippen LogP contribution in [-0.2, 0) is 19.1 Å². The van der Waals surface area contributed by atoms with Gasteiger partial charge in [0.05, 0.1) is 6.61 Å². The van der Waals surface area contributed by atoms with E-state index in [1.807, 2.05) is 6.92 Å². The number of carbonyl (C=O) groups is 3. The lowest BCUT2D eigenvalue weighted by Gasteiger charge is -2.13. The Hall–Kier alpha value is -1.63. The Morgan fingerprint density at radius 2 is 1.94 bits per heavy atom. The van der Waals surface area contributed by atoms with Crippen LogP contribution in [0.15, 0.2) is 0 Å². The van der Waals surface area contributed by atoms with Gasteiger partial charge in [-0.2, -0.15) is 0 Å². The van der Waals surface area contributed by atoms with Crippen molar-refractivity contribution in [2.24, 2.45) is 5.73 Å². The zero-order valence-corrected chi connectivity index (χ0v) is 10.5. The summed E-state index contributed by atoms with van der Waals surface area (Å²) >= 11 is 0. The molecule has 0 saturated carbocycles. The maximum atomic E-state index is 11.4. The molecule has 0 aromatic rings. The molecule has 104 valence electrons. The Labute approximate surface area is 106 Å². The highest BCUT2D eigenvalue weighted by Gasteiger charge is 2.20. The van der Waals surface area contributed by atoms with Crippen molar-refractivity contribution in [3.05, 3.63) is 0 Å². The largest absolute Gasteiger partial charge is 0.480 e. The number of ether oxygens (including phenoxy) is 1. The van der Waals surface area contributed by atoms with Crippen molar-refractivity contribution >= 4 is 17.8 Å². The molecule has 0 aromatic heterocycles. The Balaban J connectivity index is 3.96. The van der Waals surface area contributed by atoms with Gasteiger partial charge in [-0.1, -0.05) is 6.92 Å². The van der Waals surface area contributed by atoms with Crippen LogP contribution in [0.4, 0.5) is 0 Å². The first-order valence-electron chi connectivity index (χ1n) is 5.85. The molecule has 0 aromatic carbocycles. The zero-order chi connectivity index (χ0) is 14.0. The van der Waals surface area contributed by atoms with Crippen LogP contribution < -0.4 is 11.1 Å². The zero-order valence-electron chi connectivity index (χ0n) is 10.5. The smallest absolute Gasteiger partial charge is 0.326 e. The van der Waals surface area contributed by atoms with Crippen molar-refractivity contribution in [3.8, 4) is 0 Å². The summed E-state index contributed by atoms with van der Waals surface area (Å²) in [6, 6.07) is -1.09. The Morgan fingerprint density at radius 1 is 1.28 bits per heavy atom. The second-order valence-electron chi connectivity index (χ2n) is 3.83. The molecule has 0 rings (SSSR count). The van der Waals surface area contributed by atoms with Crippen LogP contribution >= 0.6 is 0 Å². The fourth-order valence-electron chi connectivity index (χ4n) is 1.22. The third-order valence-corrected chi connectivity index (χ3v) is 2.13. The number of aliphatic carboxylic acids is 1. The van der Waals surface area contributed by atoms with Gasteiger partial charge in [0.25, 0.3) is 0 Å². The van der Waals surface area contributed by atoms with E-state index in [0.717, 1.165) is 6.42 Å². The third-order valence-electron chi connectivity index (χ3n) is 2.13. The predicted molar refractivity (Wildman–Crippen MR) is 63.7 cm³/mol. The molecule has 7 heteroatoms. The van der Waals surface area contributed by atoms with E-state index in [1.165, 1.54) is 0 Å². The van der Waals surface area contributed by atoms with Crippen LogP contribution in [0.3, 0.4) is 0 Å². The van der Waals surface area contributed by atoms with E-state index in [1.54, 1.807) is 0 Å². The SMILES string of the molecule is CCCOCCC(=O)NC(CCC(N)=O)C(=O)O. The monoisotopic (exact) mass is 260 g/mol. The van der Waals surface area contributed by atoms with Crippen LogP contribution in [0.5, 0.6) is 0 Å². The van der Waals surface area contributed by atoms with E-state index in [9.17, 15) is 14.4 Å². The summed E-state index contributed by atoms with van der Waals surface area (Å²) in [5.41, 5.74) is 4.92. The van der Waals surface area contributed by atoms with E-state index in [2.05, 4.69) is 5.32 Å². The van der Waals surface area contributed by atoms with Gasteiger partial charge in [-0.05, 0) is 12.8 Å². The van der Waals surface area contributed by atoms with E-state index in [4.69, 9.17) is 15.6 Å². The molecule has 1 unspecified atom stereocenters. The summed E-state index contributed by atoms with van der Waals surface area (Å²) in [6.07, 6.45) is 0.869. The standard InChI is InChI=1S/C11H20N2O5/c1-2-6-18-7-5-10(15)13-8(11(16)17)3-4-9(12)14/h8H,2-7H2,1H3,(H2,12,14)(H,13,15)(H,16,17).